The Bertz CT molecular complexity index is 1450. The number of piperidine rings is 1. The Kier molecular flexibility index (Phi) is 5.69. The molecule has 10 heteroatoms. The molecule has 0 atom stereocenters. The van der Waals surface area contributed by atoms with Gasteiger partial charge >= 0.3 is 0 Å². The first-order valence-electron chi connectivity index (χ1n) is 11.5. The predicted molar refractivity (Wildman–Crippen MR) is 139 cm³/mol. The van der Waals surface area contributed by atoms with E-state index in [4.69, 9.17) is 26.7 Å². The van der Waals surface area contributed by atoms with Crippen molar-refractivity contribution >= 4 is 51.7 Å². The molecule has 3 aromatic rings. The third-order valence-corrected chi connectivity index (χ3v) is 7.71. The van der Waals surface area contributed by atoms with Crippen LogP contribution in [0.25, 0.3) is 11.7 Å². The zero-order chi connectivity index (χ0) is 23.9. The molecular formula is C25H22N4O4S2. The standard InChI is InChI=1S/C25H22N4O4S2/c30-23-17(22(27-9-3-1-4-10-27)26-21-6-2-5-11-28(21)23)13-20-24(31)29(25(34)35-20)14-16-7-8-18-19(12-16)33-15-32-18/h2,5-8,11-13H,1,3-4,9-10,14-15H2/b20-13+. The molecule has 0 bridgehead atoms. The van der Waals surface area contributed by atoms with Crippen LogP contribution < -0.4 is 19.9 Å². The van der Waals surface area contributed by atoms with Crippen LogP contribution in [0.2, 0.25) is 0 Å². The van der Waals surface area contributed by atoms with E-state index in [9.17, 15) is 9.59 Å². The van der Waals surface area contributed by atoms with Gasteiger partial charge in [0.05, 0.1) is 17.0 Å². The first-order valence-corrected chi connectivity index (χ1v) is 12.7. The maximum absolute atomic E-state index is 13.5. The number of thioether (sulfide) groups is 1. The zero-order valence-electron chi connectivity index (χ0n) is 18.8. The monoisotopic (exact) mass is 506 g/mol. The van der Waals surface area contributed by atoms with E-state index in [1.807, 2.05) is 30.3 Å². The average molecular weight is 507 g/mol. The number of benzene rings is 1. The van der Waals surface area contributed by atoms with E-state index in [-0.39, 0.29) is 18.3 Å². The minimum atomic E-state index is -0.222. The Hall–Kier alpha value is -3.37. The van der Waals surface area contributed by atoms with E-state index in [1.165, 1.54) is 16.2 Å². The lowest BCUT2D eigenvalue weighted by Gasteiger charge is -2.29. The Labute approximate surface area is 211 Å². The van der Waals surface area contributed by atoms with Gasteiger partial charge in [-0.1, -0.05) is 36.1 Å². The maximum Gasteiger partial charge on any atom is 0.267 e. The summed E-state index contributed by atoms with van der Waals surface area (Å²) in [4.78, 5) is 35.8. The first-order chi connectivity index (χ1) is 17.1. The van der Waals surface area contributed by atoms with Crippen LogP contribution in [-0.2, 0) is 11.3 Å². The van der Waals surface area contributed by atoms with Crippen molar-refractivity contribution in [1.82, 2.24) is 14.3 Å². The summed E-state index contributed by atoms with van der Waals surface area (Å²) in [7, 11) is 0. The number of hydrogen-bond acceptors (Lipinski definition) is 8. The molecule has 0 spiro atoms. The highest BCUT2D eigenvalue weighted by Crippen LogP contribution is 2.37. The molecule has 3 aliphatic rings. The van der Waals surface area contributed by atoms with Crippen LogP contribution in [-0.4, -0.2) is 44.4 Å². The number of hydrogen-bond donors (Lipinski definition) is 0. The third kappa shape index (κ3) is 4.06. The molecule has 2 aromatic heterocycles. The lowest BCUT2D eigenvalue weighted by atomic mass is 10.1. The number of anilines is 1. The molecule has 1 aromatic carbocycles. The third-order valence-electron chi connectivity index (χ3n) is 6.33. The number of thiocarbonyl (C=S) groups is 1. The molecular weight excluding hydrogens is 484 g/mol. The van der Waals surface area contributed by atoms with Gasteiger partial charge in [-0.05, 0) is 55.2 Å². The number of rotatable bonds is 4. The van der Waals surface area contributed by atoms with Crippen LogP contribution in [0.3, 0.4) is 0 Å². The van der Waals surface area contributed by atoms with Crippen molar-refractivity contribution < 1.29 is 14.3 Å². The van der Waals surface area contributed by atoms with Crippen molar-refractivity contribution in [3.63, 3.8) is 0 Å². The Morgan fingerprint density at radius 1 is 1.06 bits per heavy atom. The molecule has 1 amide bonds. The quantitative estimate of drug-likeness (QED) is 0.391. The molecule has 6 rings (SSSR count). The van der Waals surface area contributed by atoms with Crippen molar-refractivity contribution in [2.45, 2.75) is 25.8 Å². The minimum Gasteiger partial charge on any atom is -0.454 e. The van der Waals surface area contributed by atoms with Gasteiger partial charge in [0.2, 0.25) is 6.79 Å². The fraction of sp³-hybridized carbons (Fsp3) is 0.280. The van der Waals surface area contributed by atoms with E-state index in [1.54, 1.807) is 23.2 Å². The number of ether oxygens (including phenoxy) is 2. The number of amides is 1. The van der Waals surface area contributed by atoms with E-state index in [0.29, 0.717) is 44.3 Å². The van der Waals surface area contributed by atoms with Crippen molar-refractivity contribution in [3.8, 4) is 11.5 Å². The van der Waals surface area contributed by atoms with Gasteiger partial charge in [-0.25, -0.2) is 4.98 Å². The summed E-state index contributed by atoms with van der Waals surface area (Å²) in [5.41, 5.74) is 1.69. The summed E-state index contributed by atoms with van der Waals surface area (Å²) >= 11 is 6.75. The molecule has 0 unspecified atom stereocenters. The van der Waals surface area contributed by atoms with Crippen molar-refractivity contribution in [2.75, 3.05) is 24.8 Å². The van der Waals surface area contributed by atoms with Gasteiger partial charge in [0.15, 0.2) is 11.5 Å². The Morgan fingerprint density at radius 2 is 1.89 bits per heavy atom. The van der Waals surface area contributed by atoms with Gasteiger partial charge in [-0.15, -0.1) is 0 Å². The molecule has 178 valence electrons. The maximum atomic E-state index is 13.5. The molecule has 0 saturated carbocycles. The first kappa shape index (κ1) is 22.1. The van der Waals surface area contributed by atoms with E-state index >= 15 is 0 Å². The van der Waals surface area contributed by atoms with Crippen LogP contribution in [0, 0.1) is 0 Å². The molecule has 35 heavy (non-hydrogen) atoms. The van der Waals surface area contributed by atoms with Crippen molar-refractivity contribution in [3.05, 3.63) is 69.0 Å². The number of carbonyl (C=O) groups excluding carboxylic acids is 1. The largest absolute Gasteiger partial charge is 0.454 e. The number of pyridine rings is 1. The molecule has 5 heterocycles. The minimum absolute atomic E-state index is 0.192. The van der Waals surface area contributed by atoms with Crippen molar-refractivity contribution in [2.24, 2.45) is 0 Å². The predicted octanol–water partition coefficient (Wildman–Crippen LogP) is 3.81. The van der Waals surface area contributed by atoms with Gasteiger partial charge in [0, 0.05) is 19.3 Å². The van der Waals surface area contributed by atoms with Crippen LogP contribution in [0.4, 0.5) is 5.82 Å². The summed E-state index contributed by atoms with van der Waals surface area (Å²) in [5, 5.41) is 0. The van der Waals surface area contributed by atoms with Crippen LogP contribution >= 0.6 is 24.0 Å². The van der Waals surface area contributed by atoms with Gasteiger partial charge in [0.1, 0.15) is 15.8 Å². The smallest absolute Gasteiger partial charge is 0.267 e. The Balaban J connectivity index is 1.36. The van der Waals surface area contributed by atoms with E-state index in [2.05, 4.69) is 4.90 Å². The fourth-order valence-electron chi connectivity index (χ4n) is 4.55. The molecule has 0 radical (unpaired) electrons. The summed E-state index contributed by atoms with van der Waals surface area (Å²) in [6.45, 7) is 2.17. The second-order valence-corrected chi connectivity index (χ2v) is 10.3. The molecule has 2 fully saturated rings. The van der Waals surface area contributed by atoms with Crippen LogP contribution in [0.5, 0.6) is 11.5 Å². The lowest BCUT2D eigenvalue weighted by molar-refractivity contribution is -0.122. The summed E-state index contributed by atoms with van der Waals surface area (Å²) in [6, 6.07) is 11.1. The summed E-state index contributed by atoms with van der Waals surface area (Å²) in [6.07, 6.45) is 6.63. The second kappa shape index (κ2) is 9.01. The normalized spacial score (nSPS) is 18.8. The van der Waals surface area contributed by atoms with Crippen molar-refractivity contribution in [1.29, 1.82) is 0 Å². The van der Waals surface area contributed by atoms with Crippen LogP contribution in [0.1, 0.15) is 30.4 Å². The SMILES string of the molecule is O=C1/C(=C\c2c(N3CCCCC3)nc3ccccn3c2=O)SC(=S)N1Cc1ccc2c(c1)OCO2. The number of nitrogens with zero attached hydrogens (tertiary/aromatic N) is 4. The molecule has 0 aliphatic carbocycles. The zero-order valence-corrected chi connectivity index (χ0v) is 20.4. The van der Waals surface area contributed by atoms with Gasteiger partial charge < -0.3 is 14.4 Å². The topological polar surface area (TPSA) is 76.4 Å². The highest BCUT2D eigenvalue weighted by molar-refractivity contribution is 8.26. The van der Waals surface area contributed by atoms with Gasteiger partial charge in [0.25, 0.3) is 11.5 Å². The lowest BCUT2D eigenvalue weighted by Crippen LogP contribution is -2.33. The summed E-state index contributed by atoms with van der Waals surface area (Å²) in [5.74, 6) is 1.75. The fourth-order valence-corrected chi connectivity index (χ4v) is 5.79. The highest BCUT2D eigenvalue weighted by atomic mass is 32.2. The average Bonchev–Trinajstić information content (AvgIpc) is 3.45. The highest BCUT2D eigenvalue weighted by Gasteiger charge is 2.33. The molecule has 2 saturated heterocycles. The number of aromatic nitrogens is 2. The molecule has 3 aliphatic heterocycles. The van der Waals surface area contributed by atoms with Gasteiger partial charge in [-0.3, -0.25) is 18.9 Å². The molecule has 0 N–H and O–H groups in total. The summed E-state index contributed by atoms with van der Waals surface area (Å²) < 4.78 is 12.8. The Morgan fingerprint density at radius 3 is 2.74 bits per heavy atom. The number of fused-ring (bicyclic) bond motifs is 2. The second-order valence-electron chi connectivity index (χ2n) is 8.59. The van der Waals surface area contributed by atoms with E-state index < -0.39 is 0 Å². The van der Waals surface area contributed by atoms with Gasteiger partial charge in [-0.2, -0.15) is 0 Å². The molecule has 8 nitrogen and oxygen atoms in total. The van der Waals surface area contributed by atoms with Crippen LogP contribution in [0.15, 0.2) is 52.3 Å². The van der Waals surface area contributed by atoms with E-state index in [0.717, 1.165) is 37.9 Å². The number of carbonyl (C=O) groups is 1.